The summed E-state index contributed by atoms with van der Waals surface area (Å²) in [6.45, 7) is 3.24. The fraction of sp³-hybridized carbons (Fsp3) is 0.364. The maximum absolute atomic E-state index is 15.4. The van der Waals surface area contributed by atoms with Crippen LogP contribution < -0.4 is 16.0 Å². The smallest absolute Gasteiger partial charge is 0.264 e. The van der Waals surface area contributed by atoms with E-state index in [1.54, 1.807) is 48.8 Å². The number of amides is 5. The van der Waals surface area contributed by atoms with Gasteiger partial charge in [-0.3, -0.25) is 43.9 Å². The van der Waals surface area contributed by atoms with E-state index in [4.69, 9.17) is 9.72 Å². The summed E-state index contributed by atoms with van der Waals surface area (Å²) >= 11 is 0. The molecule has 61 heavy (non-hydrogen) atoms. The Hall–Kier alpha value is -6.46. The average Bonchev–Trinajstić information content (AvgIpc) is 3.86. The molecule has 0 radical (unpaired) electrons. The number of halogens is 2. The Morgan fingerprint density at radius 3 is 2.49 bits per heavy atom. The van der Waals surface area contributed by atoms with Crippen molar-refractivity contribution in [3.63, 3.8) is 0 Å². The first kappa shape index (κ1) is 40.0. The Morgan fingerprint density at radius 1 is 0.934 bits per heavy atom. The second-order valence-corrected chi connectivity index (χ2v) is 15.8. The van der Waals surface area contributed by atoms with E-state index in [1.165, 1.54) is 12.1 Å². The molecule has 5 amide bonds. The van der Waals surface area contributed by atoms with Gasteiger partial charge in [0, 0.05) is 80.6 Å². The van der Waals surface area contributed by atoms with Gasteiger partial charge in [-0.25, -0.2) is 13.8 Å². The number of morpholine rings is 1. The number of likely N-dealkylation sites (tertiary alicyclic amines) is 1. The number of aromatic nitrogens is 4. The predicted molar refractivity (Wildman–Crippen MR) is 218 cm³/mol. The van der Waals surface area contributed by atoms with Crippen LogP contribution in [0.2, 0.25) is 0 Å². The lowest BCUT2D eigenvalue weighted by Crippen LogP contribution is -2.54. The fourth-order valence-electron chi connectivity index (χ4n) is 8.67. The monoisotopic (exact) mass is 831 g/mol. The predicted octanol–water partition coefficient (Wildman–Crippen LogP) is 4.43. The van der Waals surface area contributed by atoms with Crippen LogP contribution in [0.4, 0.5) is 14.5 Å². The molecule has 0 bridgehead atoms. The van der Waals surface area contributed by atoms with Crippen molar-refractivity contribution < 1.29 is 37.5 Å². The summed E-state index contributed by atoms with van der Waals surface area (Å²) in [5.74, 6) is -3.52. The molecule has 314 valence electrons. The third-order valence-corrected chi connectivity index (χ3v) is 11.9. The number of piperidine rings is 2. The van der Waals surface area contributed by atoms with Gasteiger partial charge in [0.25, 0.3) is 11.8 Å². The lowest BCUT2D eigenvalue weighted by Gasteiger charge is -2.32. The molecular weight excluding hydrogens is 789 g/mol. The molecule has 0 aliphatic carbocycles. The van der Waals surface area contributed by atoms with E-state index in [-0.39, 0.29) is 60.4 Å². The van der Waals surface area contributed by atoms with Crippen LogP contribution in [0.3, 0.4) is 0 Å². The molecule has 17 heteroatoms. The van der Waals surface area contributed by atoms with Gasteiger partial charge in [-0.15, -0.1) is 0 Å². The number of benzene rings is 3. The Kier molecular flexibility index (Phi) is 11.1. The van der Waals surface area contributed by atoms with Gasteiger partial charge in [-0.05, 0) is 61.6 Å². The number of para-hydroxylation sites is 1. The van der Waals surface area contributed by atoms with Crippen molar-refractivity contribution in [3.05, 3.63) is 95.4 Å². The first-order valence-electron chi connectivity index (χ1n) is 20.6. The molecule has 3 N–H and O–H groups in total. The number of hydrogen-bond donors (Lipinski definition) is 3. The molecule has 3 aromatic carbocycles. The van der Waals surface area contributed by atoms with Crippen LogP contribution in [0.15, 0.2) is 67.1 Å². The Balaban J connectivity index is 0.792. The number of rotatable bonds is 11. The molecular formula is C44H43F2N9O6. The van der Waals surface area contributed by atoms with E-state index in [9.17, 15) is 24.0 Å². The zero-order valence-electron chi connectivity index (χ0n) is 33.2. The summed E-state index contributed by atoms with van der Waals surface area (Å²) in [6.07, 6.45) is 7.40. The first-order valence-corrected chi connectivity index (χ1v) is 20.6. The lowest BCUT2D eigenvalue weighted by atomic mass is 9.98. The van der Waals surface area contributed by atoms with E-state index in [0.717, 1.165) is 10.5 Å². The van der Waals surface area contributed by atoms with Crippen LogP contribution in [-0.2, 0) is 25.5 Å². The third-order valence-electron chi connectivity index (χ3n) is 11.9. The highest BCUT2D eigenvalue weighted by Crippen LogP contribution is 2.34. The highest BCUT2D eigenvalue weighted by Gasteiger charge is 2.45. The molecule has 4 aliphatic heterocycles. The number of carbonyl (C=O) groups is 5. The molecule has 2 aromatic heterocycles. The molecule has 6 heterocycles. The minimum absolute atomic E-state index is 0.00472. The topological polar surface area (TPSA) is 181 Å². The maximum atomic E-state index is 15.4. The molecule has 9 rings (SSSR count). The van der Waals surface area contributed by atoms with Crippen molar-refractivity contribution in [1.29, 1.82) is 0 Å². The maximum Gasteiger partial charge on any atom is 0.264 e. The average molecular weight is 832 g/mol. The summed E-state index contributed by atoms with van der Waals surface area (Å²) in [5.41, 5.74) is 4.12. The minimum atomic E-state index is -1.05. The second-order valence-electron chi connectivity index (χ2n) is 15.8. The lowest BCUT2D eigenvalue weighted by molar-refractivity contribution is -0.136. The summed E-state index contributed by atoms with van der Waals surface area (Å²) in [7, 11) is 0. The zero-order valence-corrected chi connectivity index (χ0v) is 33.2. The van der Waals surface area contributed by atoms with Crippen LogP contribution in [-0.4, -0.2) is 111 Å². The standard InChI is InChI=1S/C44H43F2N9O6/c45-32-18-25(19-33(46)31(32)20-28-22-47-14-17-61-28)29-4-1-7-35-41(29)51-36(23-49-35)26-21-50-54(24-26)27-11-15-53(16-12-27)39(57)8-3-13-48-34-6-2-5-30-40(34)44(60)55(43(30)59)37-9-10-38(56)52-42(37)58/h1-2,4-7,18-19,21,23-24,27-28,37,47-48H,3,8-17,20,22H2,(H,52,56,58). The van der Waals surface area contributed by atoms with Crippen molar-refractivity contribution in [2.45, 2.75) is 63.1 Å². The van der Waals surface area contributed by atoms with Crippen LogP contribution in [0.1, 0.15) is 70.8 Å². The number of hydrogen-bond acceptors (Lipinski definition) is 11. The number of nitrogens with one attached hydrogen (secondary N) is 3. The SMILES string of the molecule is O=C1CCC(N2C(=O)c3cccc(NCCCC(=O)N4CCC(n5cc(-c6cnc7cccc(-c8cc(F)c(CC9CNCCO9)c(F)c8)c7n6)cn5)CC4)c3C2=O)C(=O)N1. The fourth-order valence-corrected chi connectivity index (χ4v) is 8.67. The number of anilines is 1. The number of carbonyl (C=O) groups excluding carboxylic acids is 5. The van der Waals surface area contributed by atoms with Crippen molar-refractivity contribution in [2.75, 3.05) is 44.6 Å². The molecule has 0 spiro atoms. The quantitative estimate of drug-likeness (QED) is 0.127. The first-order chi connectivity index (χ1) is 29.6. The van der Waals surface area contributed by atoms with Gasteiger partial charge in [0.2, 0.25) is 17.7 Å². The normalized spacial score (nSPS) is 19.7. The number of nitrogens with zero attached hydrogens (tertiary/aromatic N) is 6. The van der Waals surface area contributed by atoms with Crippen molar-refractivity contribution in [1.82, 2.24) is 40.2 Å². The third kappa shape index (κ3) is 7.98. The summed E-state index contributed by atoms with van der Waals surface area (Å²) in [4.78, 5) is 76.1. The molecule has 0 saturated carbocycles. The Bertz CT molecular complexity index is 2540. The van der Waals surface area contributed by atoms with E-state index in [1.807, 2.05) is 15.8 Å². The van der Waals surface area contributed by atoms with Gasteiger partial charge < -0.3 is 20.3 Å². The van der Waals surface area contributed by atoms with Gasteiger partial charge in [0.15, 0.2) is 0 Å². The summed E-state index contributed by atoms with van der Waals surface area (Å²) in [6, 6.07) is 11.9. The molecule has 15 nitrogen and oxygen atoms in total. The van der Waals surface area contributed by atoms with E-state index >= 15 is 8.78 Å². The minimum Gasteiger partial charge on any atom is -0.384 e. The number of imide groups is 2. The molecule has 3 saturated heterocycles. The zero-order chi connectivity index (χ0) is 42.2. The largest absolute Gasteiger partial charge is 0.384 e. The summed E-state index contributed by atoms with van der Waals surface area (Å²) in [5, 5.41) is 13.2. The van der Waals surface area contributed by atoms with Gasteiger partial charge in [0.05, 0.1) is 59.0 Å². The molecule has 3 fully saturated rings. The van der Waals surface area contributed by atoms with Crippen LogP contribution in [0.5, 0.6) is 0 Å². The second kappa shape index (κ2) is 16.9. The van der Waals surface area contributed by atoms with Crippen molar-refractivity contribution >= 4 is 46.3 Å². The number of fused-ring (bicyclic) bond motifs is 2. The molecule has 5 aromatic rings. The van der Waals surface area contributed by atoms with Gasteiger partial charge in [-0.1, -0.05) is 18.2 Å². The Morgan fingerprint density at radius 2 is 1.72 bits per heavy atom. The summed E-state index contributed by atoms with van der Waals surface area (Å²) < 4.78 is 38.3. The van der Waals surface area contributed by atoms with Crippen LogP contribution in [0, 0.1) is 11.6 Å². The van der Waals surface area contributed by atoms with E-state index < -0.39 is 41.3 Å². The van der Waals surface area contributed by atoms with Gasteiger partial charge in [0.1, 0.15) is 17.7 Å². The van der Waals surface area contributed by atoms with Gasteiger partial charge in [-0.2, -0.15) is 5.10 Å². The van der Waals surface area contributed by atoms with E-state index in [0.29, 0.717) is 92.1 Å². The molecule has 4 aliphatic rings. The van der Waals surface area contributed by atoms with Crippen LogP contribution in [0.25, 0.3) is 33.4 Å². The van der Waals surface area contributed by atoms with E-state index in [2.05, 4.69) is 26.0 Å². The van der Waals surface area contributed by atoms with Crippen LogP contribution >= 0.6 is 0 Å². The van der Waals surface area contributed by atoms with Gasteiger partial charge >= 0.3 is 0 Å². The van der Waals surface area contributed by atoms with Crippen molar-refractivity contribution in [2.24, 2.45) is 0 Å². The van der Waals surface area contributed by atoms with Crippen molar-refractivity contribution in [3.8, 4) is 22.4 Å². The highest BCUT2D eigenvalue weighted by molar-refractivity contribution is 6.25. The molecule has 2 atom stereocenters. The Labute approximate surface area is 348 Å². The number of ether oxygens (including phenoxy) is 1. The highest BCUT2D eigenvalue weighted by atomic mass is 19.1. The molecule has 2 unspecified atom stereocenters.